The van der Waals surface area contributed by atoms with E-state index in [0.29, 0.717) is 18.5 Å². The lowest BCUT2D eigenvalue weighted by molar-refractivity contribution is 0.0827. The molecule has 4 nitrogen and oxygen atoms in total. The van der Waals surface area contributed by atoms with Crippen LogP contribution < -0.4 is 5.56 Å². The minimum Gasteiger partial charge on any atom is -0.345 e. The van der Waals surface area contributed by atoms with Gasteiger partial charge in [0.05, 0.1) is 0 Å². The Labute approximate surface area is 154 Å². The number of aromatic nitrogens is 1. The fourth-order valence-corrected chi connectivity index (χ4v) is 3.14. The second-order valence-corrected chi connectivity index (χ2v) is 7.06. The molecule has 0 bridgehead atoms. The summed E-state index contributed by atoms with van der Waals surface area (Å²) in [6.45, 7) is 4.60. The molecule has 1 aliphatic rings. The molecule has 4 heteroatoms. The van der Waals surface area contributed by atoms with Crippen LogP contribution in [-0.2, 0) is 13.0 Å². The van der Waals surface area contributed by atoms with Gasteiger partial charge in [0.25, 0.3) is 11.5 Å². The molecule has 0 saturated heterocycles. The first-order valence-electron chi connectivity index (χ1n) is 8.77. The average molecular weight is 348 g/mol. The number of hydrogen-bond donors (Lipinski definition) is 0. The standard InChI is InChI=1S/C22H24N2O2/c1-15(2)11-12-24-14-20(18-9-6-10-19(18)22(24)26)16-7-5-8-17(13-16)21(25)23(3)4/h5-9,11,13-14H,10,12H2,1-4H3. The predicted molar refractivity (Wildman–Crippen MR) is 106 cm³/mol. The maximum atomic E-state index is 12.8. The first kappa shape index (κ1) is 17.9. The van der Waals surface area contributed by atoms with Crippen LogP contribution in [0.25, 0.3) is 17.2 Å². The molecule has 0 aliphatic heterocycles. The fourth-order valence-electron chi connectivity index (χ4n) is 3.14. The van der Waals surface area contributed by atoms with Crippen molar-refractivity contribution in [3.8, 4) is 11.1 Å². The van der Waals surface area contributed by atoms with E-state index in [0.717, 1.165) is 22.3 Å². The van der Waals surface area contributed by atoms with E-state index in [9.17, 15) is 9.59 Å². The molecule has 1 amide bonds. The molecule has 0 N–H and O–H groups in total. The molecule has 1 heterocycles. The quantitative estimate of drug-likeness (QED) is 0.790. The Balaban J connectivity index is 2.15. The summed E-state index contributed by atoms with van der Waals surface area (Å²) in [6.07, 6.45) is 8.65. The Morgan fingerprint density at radius 2 is 2.04 bits per heavy atom. The molecule has 0 unspecified atom stereocenters. The monoisotopic (exact) mass is 348 g/mol. The third-order valence-electron chi connectivity index (χ3n) is 4.55. The summed E-state index contributed by atoms with van der Waals surface area (Å²) in [5.41, 5.74) is 5.62. The normalized spacial score (nSPS) is 12.0. The zero-order valence-corrected chi connectivity index (χ0v) is 15.7. The maximum Gasteiger partial charge on any atom is 0.254 e. The molecule has 0 radical (unpaired) electrons. The van der Waals surface area contributed by atoms with Crippen LogP contribution in [-0.4, -0.2) is 29.5 Å². The fraction of sp³-hybridized carbons (Fsp3) is 0.273. The number of amides is 1. The molecule has 1 aliphatic carbocycles. The van der Waals surface area contributed by atoms with Gasteiger partial charge in [0.2, 0.25) is 0 Å². The highest BCUT2D eigenvalue weighted by molar-refractivity contribution is 5.95. The lowest BCUT2D eigenvalue weighted by atomic mass is 9.97. The summed E-state index contributed by atoms with van der Waals surface area (Å²) >= 11 is 0. The van der Waals surface area contributed by atoms with E-state index in [1.165, 1.54) is 5.57 Å². The van der Waals surface area contributed by atoms with Gasteiger partial charge in [-0.15, -0.1) is 0 Å². The van der Waals surface area contributed by atoms with Crippen LogP contribution in [0.5, 0.6) is 0 Å². The lowest BCUT2D eigenvalue weighted by Crippen LogP contribution is -2.24. The van der Waals surface area contributed by atoms with E-state index in [4.69, 9.17) is 0 Å². The molecule has 26 heavy (non-hydrogen) atoms. The van der Waals surface area contributed by atoms with Crippen molar-refractivity contribution in [3.05, 3.63) is 75.2 Å². The summed E-state index contributed by atoms with van der Waals surface area (Å²) < 4.78 is 1.76. The highest BCUT2D eigenvalue weighted by Gasteiger charge is 2.18. The minimum atomic E-state index is -0.0306. The summed E-state index contributed by atoms with van der Waals surface area (Å²) in [5.74, 6) is -0.0306. The number of carbonyl (C=O) groups excluding carboxylic acids is 1. The average Bonchev–Trinajstić information content (AvgIpc) is 3.10. The molecule has 0 fully saturated rings. The summed E-state index contributed by atoms with van der Waals surface area (Å²) in [7, 11) is 3.49. The van der Waals surface area contributed by atoms with E-state index >= 15 is 0 Å². The zero-order valence-electron chi connectivity index (χ0n) is 15.7. The number of allylic oxidation sites excluding steroid dienone is 3. The van der Waals surface area contributed by atoms with Crippen molar-refractivity contribution in [1.29, 1.82) is 0 Å². The number of hydrogen-bond acceptors (Lipinski definition) is 2. The van der Waals surface area contributed by atoms with Gasteiger partial charge in [0.1, 0.15) is 0 Å². The van der Waals surface area contributed by atoms with E-state index in [1.54, 1.807) is 23.6 Å². The third-order valence-corrected chi connectivity index (χ3v) is 4.55. The van der Waals surface area contributed by atoms with Crippen LogP contribution in [0.4, 0.5) is 0 Å². The Kier molecular flexibility index (Phi) is 4.94. The van der Waals surface area contributed by atoms with Crippen molar-refractivity contribution in [2.45, 2.75) is 26.8 Å². The van der Waals surface area contributed by atoms with Crippen molar-refractivity contribution in [2.24, 2.45) is 0 Å². The van der Waals surface area contributed by atoms with E-state index in [1.807, 2.05) is 62.5 Å². The number of benzene rings is 1. The number of fused-ring (bicyclic) bond motifs is 1. The molecule has 3 rings (SSSR count). The van der Waals surface area contributed by atoms with E-state index < -0.39 is 0 Å². The molecule has 0 saturated carbocycles. The third kappa shape index (κ3) is 3.40. The van der Waals surface area contributed by atoms with Crippen LogP contribution in [0.2, 0.25) is 0 Å². The lowest BCUT2D eigenvalue weighted by Gasteiger charge is -2.15. The number of pyridine rings is 1. The molecule has 134 valence electrons. The van der Waals surface area contributed by atoms with Crippen LogP contribution in [0.15, 0.2) is 53.0 Å². The number of rotatable bonds is 4. The van der Waals surface area contributed by atoms with Gasteiger partial charge in [0.15, 0.2) is 0 Å². The Morgan fingerprint density at radius 3 is 2.73 bits per heavy atom. The first-order chi connectivity index (χ1) is 12.4. The minimum absolute atomic E-state index is 0.0306. The van der Waals surface area contributed by atoms with Crippen molar-refractivity contribution in [3.63, 3.8) is 0 Å². The first-order valence-corrected chi connectivity index (χ1v) is 8.77. The van der Waals surface area contributed by atoms with Crippen LogP contribution in [0.1, 0.15) is 35.3 Å². The van der Waals surface area contributed by atoms with Gasteiger partial charge in [-0.25, -0.2) is 0 Å². The molecule has 1 aromatic heterocycles. The van der Waals surface area contributed by atoms with Crippen LogP contribution in [0.3, 0.4) is 0 Å². The van der Waals surface area contributed by atoms with Gasteiger partial charge in [0, 0.05) is 43.5 Å². The van der Waals surface area contributed by atoms with Gasteiger partial charge in [-0.1, -0.05) is 35.9 Å². The van der Waals surface area contributed by atoms with Crippen molar-refractivity contribution in [1.82, 2.24) is 9.47 Å². The van der Waals surface area contributed by atoms with Crippen LogP contribution >= 0.6 is 0 Å². The SMILES string of the molecule is CC(C)=CCn1cc(-c2cccc(C(=O)N(C)C)c2)c2c(c1=O)CC=C2. The number of carbonyl (C=O) groups is 1. The van der Waals surface area contributed by atoms with Crippen molar-refractivity contribution in [2.75, 3.05) is 14.1 Å². The van der Waals surface area contributed by atoms with Gasteiger partial charge >= 0.3 is 0 Å². The Bertz CT molecular complexity index is 974. The smallest absolute Gasteiger partial charge is 0.254 e. The molecule has 1 aromatic carbocycles. The predicted octanol–water partition coefficient (Wildman–Crippen LogP) is 3.75. The topological polar surface area (TPSA) is 42.3 Å². The molecule has 0 atom stereocenters. The zero-order chi connectivity index (χ0) is 18.8. The van der Waals surface area contributed by atoms with Crippen LogP contribution in [0, 0.1) is 0 Å². The molecule has 0 spiro atoms. The Morgan fingerprint density at radius 1 is 1.27 bits per heavy atom. The highest BCUT2D eigenvalue weighted by Crippen LogP contribution is 2.30. The second-order valence-electron chi connectivity index (χ2n) is 7.06. The molecular formula is C22H24N2O2. The van der Waals surface area contributed by atoms with Crippen molar-refractivity contribution < 1.29 is 4.79 Å². The van der Waals surface area contributed by atoms with Crippen molar-refractivity contribution >= 4 is 12.0 Å². The van der Waals surface area contributed by atoms with Gasteiger partial charge in [-0.05, 0) is 43.5 Å². The van der Waals surface area contributed by atoms with Gasteiger partial charge < -0.3 is 9.47 Å². The largest absolute Gasteiger partial charge is 0.345 e. The van der Waals surface area contributed by atoms with Gasteiger partial charge in [-0.2, -0.15) is 0 Å². The number of nitrogens with zero attached hydrogens (tertiary/aromatic N) is 2. The Hall–Kier alpha value is -2.88. The summed E-state index contributed by atoms with van der Waals surface area (Å²) in [5, 5.41) is 0. The molecular weight excluding hydrogens is 324 g/mol. The highest BCUT2D eigenvalue weighted by atomic mass is 16.2. The van der Waals surface area contributed by atoms with E-state index in [-0.39, 0.29) is 11.5 Å². The van der Waals surface area contributed by atoms with E-state index in [2.05, 4.69) is 0 Å². The molecule has 2 aromatic rings. The van der Waals surface area contributed by atoms with Gasteiger partial charge in [-0.3, -0.25) is 9.59 Å². The maximum absolute atomic E-state index is 12.8. The summed E-state index contributed by atoms with van der Waals surface area (Å²) in [4.78, 5) is 26.6. The second kappa shape index (κ2) is 7.16. The summed E-state index contributed by atoms with van der Waals surface area (Å²) in [6, 6.07) is 7.60.